The van der Waals surface area contributed by atoms with Crippen molar-refractivity contribution in [1.29, 1.82) is 0 Å². The molecule has 1 saturated carbocycles. The van der Waals surface area contributed by atoms with E-state index in [1.807, 2.05) is 41.2 Å². The van der Waals surface area contributed by atoms with E-state index in [9.17, 15) is 0 Å². The van der Waals surface area contributed by atoms with Crippen molar-refractivity contribution < 1.29 is 0 Å². The third-order valence-corrected chi connectivity index (χ3v) is 7.70. The topological polar surface area (TPSA) is 56.0 Å². The van der Waals surface area contributed by atoms with E-state index >= 15 is 0 Å². The molecular weight excluding hydrogens is 536 g/mol. The Balaban J connectivity index is 1.75. The van der Waals surface area contributed by atoms with E-state index in [0.29, 0.717) is 20.1 Å². The largest absolute Gasteiger partial charge is 0.278 e. The van der Waals surface area contributed by atoms with Crippen molar-refractivity contribution in [2.75, 3.05) is 0 Å². The number of nitrogens with zero attached hydrogens (tertiary/aromatic N) is 5. The Morgan fingerprint density at radius 2 is 1.53 bits per heavy atom. The molecule has 190 valence electrons. The highest BCUT2D eigenvalue weighted by Crippen LogP contribution is 2.42. The lowest BCUT2D eigenvalue weighted by Crippen LogP contribution is -2.35. The van der Waals surface area contributed by atoms with E-state index in [1.54, 1.807) is 12.1 Å². The monoisotopic (exact) mass is 563 g/mol. The van der Waals surface area contributed by atoms with Crippen molar-refractivity contribution in [3.8, 4) is 0 Å². The van der Waals surface area contributed by atoms with E-state index in [-0.39, 0.29) is 11.5 Å². The summed E-state index contributed by atoms with van der Waals surface area (Å²) in [6, 6.07) is 10.8. The summed E-state index contributed by atoms with van der Waals surface area (Å²) in [5, 5.41) is 15.5. The molecule has 1 fully saturated rings. The minimum absolute atomic E-state index is 0.137. The van der Waals surface area contributed by atoms with Gasteiger partial charge in [-0.1, -0.05) is 111 Å². The molecule has 4 rings (SSSR count). The minimum Gasteiger partial charge on any atom is -0.278 e. The van der Waals surface area contributed by atoms with Gasteiger partial charge in [0.1, 0.15) is 5.54 Å². The number of halogens is 4. The summed E-state index contributed by atoms with van der Waals surface area (Å²) in [6.45, 7) is 6.50. The average Bonchev–Trinajstić information content (AvgIpc) is 3.30. The van der Waals surface area contributed by atoms with Crippen LogP contribution in [0.4, 0.5) is 0 Å². The predicted octanol–water partition coefficient (Wildman–Crippen LogP) is 8.87. The van der Waals surface area contributed by atoms with Crippen LogP contribution in [0, 0.1) is 5.41 Å². The van der Waals surface area contributed by atoms with Crippen LogP contribution < -0.4 is 0 Å². The average molecular weight is 565 g/mol. The second kappa shape index (κ2) is 11.2. The Hall–Kier alpha value is -1.92. The summed E-state index contributed by atoms with van der Waals surface area (Å²) < 4.78 is 1.92. The molecule has 0 unspecified atom stereocenters. The molecule has 1 heterocycles. The van der Waals surface area contributed by atoms with Gasteiger partial charge in [-0.15, -0.1) is 5.10 Å². The first-order valence-corrected chi connectivity index (χ1v) is 13.5. The molecule has 5 nitrogen and oxygen atoms in total. The molecule has 0 N–H and O–H groups in total. The van der Waals surface area contributed by atoms with Crippen LogP contribution in [0.2, 0.25) is 20.1 Å². The molecule has 0 aliphatic heterocycles. The molecule has 3 aromatic rings. The van der Waals surface area contributed by atoms with Crippen molar-refractivity contribution in [3.63, 3.8) is 0 Å². The Labute approximate surface area is 232 Å². The maximum absolute atomic E-state index is 6.43. The van der Waals surface area contributed by atoms with E-state index in [2.05, 4.69) is 42.4 Å². The highest BCUT2D eigenvalue weighted by molar-refractivity contribution is 6.36. The van der Waals surface area contributed by atoms with E-state index < -0.39 is 5.54 Å². The maximum atomic E-state index is 6.43. The lowest BCUT2D eigenvalue weighted by molar-refractivity contribution is 0.228. The standard InChI is InChI=1S/C27H29Cl4N5/c1-26(2,3)24(12-9-18-7-10-20(28)15-22(18)30)36-25(33-34-35-36)27(13-5-4-6-14-27)32-17-19-8-11-21(29)16-23(19)31/h7-12,15-17,24H,4-6,13-14H2,1-3H3/b12-9+,32-17?/t24-/m0/s1. The Morgan fingerprint density at radius 1 is 0.917 bits per heavy atom. The van der Waals surface area contributed by atoms with Crippen LogP contribution in [0.1, 0.15) is 75.9 Å². The zero-order valence-electron chi connectivity index (χ0n) is 20.6. The molecule has 1 aromatic heterocycles. The van der Waals surface area contributed by atoms with Crippen LogP contribution >= 0.6 is 46.4 Å². The predicted molar refractivity (Wildman–Crippen MR) is 151 cm³/mol. The van der Waals surface area contributed by atoms with Crippen LogP contribution in [0.25, 0.3) is 6.08 Å². The number of tetrazole rings is 1. The fraction of sp³-hybridized carbons (Fsp3) is 0.407. The van der Waals surface area contributed by atoms with Crippen molar-refractivity contribution in [1.82, 2.24) is 20.2 Å². The lowest BCUT2D eigenvalue weighted by atomic mass is 9.80. The minimum atomic E-state index is -0.542. The van der Waals surface area contributed by atoms with Crippen molar-refractivity contribution in [3.05, 3.63) is 79.5 Å². The third kappa shape index (κ3) is 6.13. The smallest absolute Gasteiger partial charge is 0.179 e. The van der Waals surface area contributed by atoms with Gasteiger partial charge in [0.2, 0.25) is 0 Å². The highest BCUT2D eigenvalue weighted by atomic mass is 35.5. The molecule has 0 radical (unpaired) electrons. The van der Waals surface area contributed by atoms with Gasteiger partial charge in [0.15, 0.2) is 5.82 Å². The normalized spacial score (nSPS) is 17.2. The zero-order chi connectivity index (χ0) is 25.9. The first kappa shape index (κ1) is 27.1. The van der Waals surface area contributed by atoms with Crippen LogP contribution in [0.5, 0.6) is 0 Å². The summed E-state index contributed by atoms with van der Waals surface area (Å²) in [7, 11) is 0. The van der Waals surface area contributed by atoms with E-state index in [1.165, 1.54) is 0 Å². The van der Waals surface area contributed by atoms with Gasteiger partial charge in [0.25, 0.3) is 0 Å². The first-order valence-electron chi connectivity index (χ1n) is 12.0. The second-order valence-corrected chi connectivity index (χ2v) is 12.0. The van der Waals surface area contributed by atoms with Crippen molar-refractivity contribution in [2.24, 2.45) is 10.4 Å². The Kier molecular flexibility index (Phi) is 8.45. The van der Waals surface area contributed by atoms with Crippen molar-refractivity contribution in [2.45, 2.75) is 64.5 Å². The number of aromatic nitrogens is 4. The number of aliphatic imine (C=N–C) groups is 1. The number of rotatable bonds is 6. The van der Waals surface area contributed by atoms with E-state index in [0.717, 1.165) is 49.1 Å². The number of allylic oxidation sites excluding steroid dienone is 1. The first-order chi connectivity index (χ1) is 17.1. The molecule has 2 aromatic carbocycles. The summed E-state index contributed by atoms with van der Waals surface area (Å²) in [5.74, 6) is 0.760. The fourth-order valence-electron chi connectivity index (χ4n) is 4.60. The summed E-state index contributed by atoms with van der Waals surface area (Å²) in [6.07, 6.45) is 10.9. The van der Waals surface area contributed by atoms with E-state index in [4.69, 9.17) is 51.4 Å². The Bertz CT molecular complexity index is 1270. The highest BCUT2D eigenvalue weighted by Gasteiger charge is 2.41. The van der Waals surface area contributed by atoms with Crippen LogP contribution in [0.3, 0.4) is 0 Å². The van der Waals surface area contributed by atoms with Crippen LogP contribution in [-0.2, 0) is 5.54 Å². The van der Waals surface area contributed by atoms with Gasteiger partial charge in [0.05, 0.1) is 11.1 Å². The molecule has 9 heteroatoms. The third-order valence-electron chi connectivity index (χ3n) is 6.57. The molecular formula is C27H29Cl4N5. The van der Waals surface area contributed by atoms with Gasteiger partial charge in [-0.05, 0) is 58.5 Å². The number of benzene rings is 2. The molecule has 0 saturated heterocycles. The molecule has 0 bridgehead atoms. The second-order valence-electron chi connectivity index (χ2n) is 10.3. The summed E-state index contributed by atoms with van der Waals surface area (Å²) in [4.78, 5) is 5.11. The van der Waals surface area contributed by atoms with Crippen molar-refractivity contribution >= 4 is 58.7 Å². The maximum Gasteiger partial charge on any atom is 0.179 e. The molecule has 1 atom stereocenters. The van der Waals surface area contributed by atoms with Gasteiger partial charge in [0, 0.05) is 26.8 Å². The van der Waals surface area contributed by atoms with Gasteiger partial charge in [-0.25, -0.2) is 4.68 Å². The molecule has 36 heavy (non-hydrogen) atoms. The molecule has 1 aliphatic rings. The number of hydrogen-bond acceptors (Lipinski definition) is 4. The fourth-order valence-corrected chi connectivity index (χ4v) is 5.53. The lowest BCUT2D eigenvalue weighted by Gasteiger charge is -2.35. The SMILES string of the molecule is CC(C)(C)[C@H](/C=C/c1ccc(Cl)cc1Cl)n1nnnc1C1(N=Cc2ccc(Cl)cc2Cl)CCCCC1. The molecule has 0 spiro atoms. The number of hydrogen-bond donors (Lipinski definition) is 0. The zero-order valence-corrected chi connectivity index (χ0v) is 23.6. The van der Waals surface area contributed by atoms with Gasteiger partial charge in [-0.3, -0.25) is 4.99 Å². The van der Waals surface area contributed by atoms with Crippen LogP contribution in [-0.4, -0.2) is 26.4 Å². The molecule has 1 aliphatic carbocycles. The molecule has 0 amide bonds. The summed E-state index contributed by atoms with van der Waals surface area (Å²) >= 11 is 25.0. The Morgan fingerprint density at radius 3 is 2.11 bits per heavy atom. The van der Waals surface area contributed by atoms with Gasteiger partial charge in [-0.2, -0.15) is 0 Å². The van der Waals surface area contributed by atoms with Gasteiger partial charge < -0.3 is 0 Å². The van der Waals surface area contributed by atoms with Gasteiger partial charge >= 0.3 is 0 Å². The summed E-state index contributed by atoms with van der Waals surface area (Å²) in [5.41, 5.74) is 0.973. The quantitative estimate of drug-likeness (QED) is 0.281. The van der Waals surface area contributed by atoms with Crippen LogP contribution in [0.15, 0.2) is 47.5 Å².